The van der Waals surface area contributed by atoms with Crippen LogP contribution in [0.25, 0.3) is 5.69 Å². The summed E-state index contributed by atoms with van der Waals surface area (Å²) in [5.74, 6) is 0.809. The summed E-state index contributed by atoms with van der Waals surface area (Å²) >= 11 is 0. The molecule has 2 aliphatic heterocycles. The van der Waals surface area contributed by atoms with Crippen LogP contribution in [0, 0.1) is 0 Å². The van der Waals surface area contributed by atoms with Crippen LogP contribution in [0.3, 0.4) is 0 Å². The van der Waals surface area contributed by atoms with E-state index in [0.29, 0.717) is 12.2 Å². The molecule has 1 N–H and O–H groups in total. The Morgan fingerprint density at radius 2 is 2.27 bits per heavy atom. The summed E-state index contributed by atoms with van der Waals surface area (Å²) in [5.41, 5.74) is 3.77. The fourth-order valence-corrected chi connectivity index (χ4v) is 3.25. The van der Waals surface area contributed by atoms with Crippen LogP contribution < -0.4 is 4.74 Å². The fraction of sp³-hybridized carbons (Fsp3) is 0.400. The third-order valence-corrected chi connectivity index (χ3v) is 4.35. The van der Waals surface area contributed by atoms with E-state index < -0.39 is 0 Å². The molecule has 0 aliphatic carbocycles. The SMILES string of the molecule is COc1ccc2c(c1)C1C(C)N=NN1Cc1c(CO)ncn1-2. The molecule has 0 fully saturated rings. The van der Waals surface area contributed by atoms with Crippen molar-refractivity contribution in [3.63, 3.8) is 0 Å². The summed E-state index contributed by atoms with van der Waals surface area (Å²) in [7, 11) is 1.66. The molecule has 2 unspecified atom stereocenters. The van der Waals surface area contributed by atoms with Gasteiger partial charge < -0.3 is 14.4 Å². The lowest BCUT2D eigenvalue weighted by Gasteiger charge is -2.23. The molecule has 2 aliphatic rings. The fourth-order valence-electron chi connectivity index (χ4n) is 3.25. The Bertz CT molecular complexity index is 754. The van der Waals surface area contributed by atoms with E-state index in [1.807, 2.05) is 27.8 Å². The normalized spacial score (nSPS) is 22.0. The maximum Gasteiger partial charge on any atom is 0.119 e. The van der Waals surface area contributed by atoms with E-state index in [2.05, 4.69) is 22.2 Å². The quantitative estimate of drug-likeness (QED) is 0.920. The number of hydrogen-bond donors (Lipinski definition) is 1. The van der Waals surface area contributed by atoms with Crippen molar-refractivity contribution in [2.75, 3.05) is 7.11 Å². The minimum Gasteiger partial charge on any atom is -0.497 e. The molecule has 0 bridgehead atoms. The smallest absolute Gasteiger partial charge is 0.119 e. The largest absolute Gasteiger partial charge is 0.497 e. The zero-order chi connectivity index (χ0) is 15.3. The molecule has 0 spiro atoms. The van der Waals surface area contributed by atoms with E-state index in [9.17, 15) is 5.11 Å². The van der Waals surface area contributed by atoms with Crippen LogP contribution in [0.4, 0.5) is 0 Å². The van der Waals surface area contributed by atoms with Gasteiger partial charge in [-0.15, -0.1) is 0 Å². The standard InChI is InChI=1S/C15H17N5O2/c1-9-15-11-5-10(22-2)3-4-13(11)19-8-16-12(7-21)14(19)6-20(15)18-17-9/h3-5,8-9,15,21H,6-7H2,1-2H3. The molecule has 1 aromatic carbocycles. The molecule has 3 heterocycles. The predicted octanol–water partition coefficient (Wildman–Crippen LogP) is 2.00. The summed E-state index contributed by atoms with van der Waals surface area (Å²) in [4.78, 5) is 4.32. The number of aliphatic hydroxyl groups is 1. The lowest BCUT2D eigenvalue weighted by molar-refractivity contribution is 0.213. The highest BCUT2D eigenvalue weighted by Gasteiger charge is 2.37. The Labute approximate surface area is 127 Å². The Morgan fingerprint density at radius 1 is 1.41 bits per heavy atom. The molecule has 114 valence electrons. The Balaban J connectivity index is 1.96. The third-order valence-electron chi connectivity index (χ3n) is 4.35. The number of aliphatic hydroxyl groups excluding tert-OH is 1. The minimum atomic E-state index is -0.0843. The Hall–Kier alpha value is -2.41. The highest BCUT2D eigenvalue weighted by molar-refractivity contribution is 5.50. The van der Waals surface area contributed by atoms with Crippen LogP contribution in [0.1, 0.15) is 29.9 Å². The van der Waals surface area contributed by atoms with Gasteiger partial charge in [-0.2, -0.15) is 5.11 Å². The predicted molar refractivity (Wildman–Crippen MR) is 78.6 cm³/mol. The molecule has 2 atom stereocenters. The van der Waals surface area contributed by atoms with Crippen molar-refractivity contribution in [1.29, 1.82) is 0 Å². The summed E-state index contributed by atoms with van der Waals surface area (Å²) in [6.45, 7) is 2.55. The van der Waals surface area contributed by atoms with Crippen LogP contribution in [0.15, 0.2) is 34.9 Å². The average Bonchev–Trinajstić information content (AvgIpc) is 3.07. The zero-order valence-corrected chi connectivity index (χ0v) is 12.5. The molecule has 22 heavy (non-hydrogen) atoms. The molecule has 7 nitrogen and oxygen atoms in total. The van der Waals surface area contributed by atoms with Gasteiger partial charge in [0.1, 0.15) is 11.8 Å². The van der Waals surface area contributed by atoms with Gasteiger partial charge in [-0.3, -0.25) is 5.01 Å². The second kappa shape index (κ2) is 4.81. The molecule has 0 saturated carbocycles. The Kier molecular flexibility index (Phi) is 2.90. The van der Waals surface area contributed by atoms with Gasteiger partial charge in [0.15, 0.2) is 0 Å². The summed E-state index contributed by atoms with van der Waals surface area (Å²) in [5, 5.41) is 20.1. The van der Waals surface area contributed by atoms with Crippen molar-refractivity contribution in [2.45, 2.75) is 32.2 Å². The highest BCUT2D eigenvalue weighted by Crippen LogP contribution is 2.41. The number of fused-ring (bicyclic) bond motifs is 5. The minimum absolute atomic E-state index is 0.0662. The van der Waals surface area contributed by atoms with Crippen LogP contribution in [-0.2, 0) is 13.2 Å². The van der Waals surface area contributed by atoms with Crippen molar-refractivity contribution in [1.82, 2.24) is 14.6 Å². The first-order valence-electron chi connectivity index (χ1n) is 7.24. The van der Waals surface area contributed by atoms with E-state index in [4.69, 9.17) is 4.74 Å². The number of aromatic nitrogens is 2. The number of hydrogen-bond acceptors (Lipinski definition) is 6. The van der Waals surface area contributed by atoms with E-state index in [0.717, 1.165) is 22.7 Å². The second-order valence-corrected chi connectivity index (χ2v) is 5.58. The average molecular weight is 299 g/mol. The van der Waals surface area contributed by atoms with Crippen molar-refractivity contribution in [2.24, 2.45) is 10.3 Å². The highest BCUT2D eigenvalue weighted by atomic mass is 16.5. The van der Waals surface area contributed by atoms with Gasteiger partial charge in [0.05, 0.1) is 49.7 Å². The van der Waals surface area contributed by atoms with Crippen LogP contribution in [-0.4, -0.2) is 32.8 Å². The van der Waals surface area contributed by atoms with E-state index in [1.165, 1.54) is 0 Å². The monoisotopic (exact) mass is 299 g/mol. The number of nitrogens with zero attached hydrogens (tertiary/aromatic N) is 5. The first-order chi connectivity index (χ1) is 10.7. The summed E-state index contributed by atoms with van der Waals surface area (Å²) in [6.07, 6.45) is 1.76. The lowest BCUT2D eigenvalue weighted by Crippen LogP contribution is -2.24. The topological polar surface area (TPSA) is 75.2 Å². The van der Waals surface area contributed by atoms with Crippen LogP contribution in [0.2, 0.25) is 0 Å². The molecular formula is C15H17N5O2. The number of benzene rings is 1. The second-order valence-electron chi connectivity index (χ2n) is 5.58. The third kappa shape index (κ3) is 1.75. The molecule has 0 radical (unpaired) electrons. The molecule has 1 aromatic heterocycles. The van der Waals surface area contributed by atoms with Gasteiger partial charge in [0, 0.05) is 5.56 Å². The number of ether oxygens (including phenoxy) is 1. The van der Waals surface area contributed by atoms with Crippen LogP contribution >= 0.6 is 0 Å². The van der Waals surface area contributed by atoms with E-state index >= 15 is 0 Å². The van der Waals surface area contributed by atoms with E-state index in [-0.39, 0.29) is 18.7 Å². The van der Waals surface area contributed by atoms with Crippen LogP contribution in [0.5, 0.6) is 5.75 Å². The number of methoxy groups -OCH3 is 1. The maximum atomic E-state index is 9.53. The van der Waals surface area contributed by atoms with Gasteiger partial charge in [-0.1, -0.05) is 5.22 Å². The number of imidazole rings is 1. The molecule has 0 amide bonds. The van der Waals surface area contributed by atoms with Gasteiger partial charge in [0.2, 0.25) is 0 Å². The van der Waals surface area contributed by atoms with Crippen molar-refractivity contribution in [3.8, 4) is 11.4 Å². The van der Waals surface area contributed by atoms with Gasteiger partial charge in [0.25, 0.3) is 0 Å². The maximum absolute atomic E-state index is 9.53. The van der Waals surface area contributed by atoms with Crippen molar-refractivity contribution >= 4 is 0 Å². The molecule has 2 aromatic rings. The van der Waals surface area contributed by atoms with Gasteiger partial charge in [-0.05, 0) is 25.1 Å². The molecular weight excluding hydrogens is 282 g/mol. The molecule has 7 heteroatoms. The Morgan fingerprint density at radius 3 is 3.05 bits per heavy atom. The summed E-state index contributed by atoms with van der Waals surface area (Å²) in [6, 6.07) is 6.13. The van der Waals surface area contributed by atoms with Gasteiger partial charge >= 0.3 is 0 Å². The first kappa shape index (κ1) is 13.3. The summed E-state index contributed by atoms with van der Waals surface area (Å²) < 4.78 is 7.40. The molecule has 0 saturated heterocycles. The number of rotatable bonds is 2. The van der Waals surface area contributed by atoms with Crippen molar-refractivity contribution in [3.05, 3.63) is 41.5 Å². The zero-order valence-electron chi connectivity index (χ0n) is 12.5. The lowest BCUT2D eigenvalue weighted by atomic mass is 9.99. The molecule has 4 rings (SSSR count). The van der Waals surface area contributed by atoms with Gasteiger partial charge in [-0.25, -0.2) is 4.98 Å². The first-order valence-corrected chi connectivity index (χ1v) is 7.24. The van der Waals surface area contributed by atoms with Crippen molar-refractivity contribution < 1.29 is 9.84 Å². The van der Waals surface area contributed by atoms with E-state index in [1.54, 1.807) is 13.4 Å².